The Kier molecular flexibility index (Phi) is 5.90. The van der Waals surface area contributed by atoms with Gasteiger partial charge in [-0.25, -0.2) is 0 Å². The maximum Gasteiger partial charge on any atom is 0.145 e. The van der Waals surface area contributed by atoms with E-state index in [2.05, 4.69) is 6.07 Å². The van der Waals surface area contributed by atoms with Crippen LogP contribution in [0.1, 0.15) is 19.2 Å². The fraction of sp³-hybridized carbons (Fsp3) is 0. The minimum Gasteiger partial charge on any atom is -0.455 e. The second kappa shape index (κ2) is 15.1. The molecule has 0 radical (unpaired) electrons. The molecule has 60 heavy (non-hydrogen) atoms. The largest absolute Gasteiger partial charge is 0.455 e. The fourth-order valence-electron chi connectivity index (χ4n) is 7.77. The molecule has 0 N–H and O–H groups in total. The number of benzene rings is 10. The van der Waals surface area contributed by atoms with Crippen molar-refractivity contribution in [3.8, 4) is 55.6 Å². The smallest absolute Gasteiger partial charge is 0.145 e. The summed E-state index contributed by atoms with van der Waals surface area (Å²) >= 11 is 0. The quantitative estimate of drug-likeness (QED) is 0.153. The predicted molar refractivity (Wildman–Crippen MR) is 253 cm³/mol. The molecule has 0 fully saturated rings. The van der Waals surface area contributed by atoms with Crippen LogP contribution >= 0.6 is 0 Å². The van der Waals surface area contributed by atoms with E-state index in [-0.39, 0.29) is 16.5 Å². The standard InChI is InChI=1S/C58H39NO/c1-4-15-40(16-5-1)45-22-14-23-46(37-45)41-27-31-49(32-28-41)59(55-36-35-52(43-17-6-2-7-18-43)58-57(55)53-25-12-13-26-56(53)60-58)50-33-29-42(30-34-50)48-38-47-21-10-11-24-51(47)54(39-48)44-19-8-3-9-20-44/h1-39H/i3D,8D,9D,10D,11D,19D,20D,21D,29D,30D,33D,34D,38D,39D. The van der Waals surface area contributed by atoms with Crippen LogP contribution in [-0.2, 0) is 0 Å². The monoisotopic (exact) mass is 779 g/mol. The molecule has 0 aliphatic carbocycles. The molecule has 2 heteroatoms. The first-order valence-corrected chi connectivity index (χ1v) is 19.4. The number of nitrogens with zero attached hydrogens (tertiary/aromatic N) is 1. The van der Waals surface area contributed by atoms with Crippen LogP contribution in [0, 0.1) is 0 Å². The van der Waals surface area contributed by atoms with Crippen molar-refractivity contribution in [2.45, 2.75) is 0 Å². The number of para-hydroxylation sites is 1. The van der Waals surface area contributed by atoms with E-state index in [0.29, 0.717) is 33.3 Å². The van der Waals surface area contributed by atoms with Gasteiger partial charge in [-0.2, -0.15) is 0 Å². The SMILES string of the molecule is [2H]c1cc2c(-c3c([2H])c([2H])c([2H])c([2H])c3[2H])c([2H])c(-c3c([2H])c([2H])c(N(c4ccc(-c5cccc(-c6ccccc6)c5)cc4)c4ccc(-c5ccccc5)c5oc6ccccc6c45)c([2H])c3[2H])c([2H])c2c([2H])c1[2H]. The zero-order chi connectivity index (χ0) is 52.0. The van der Waals surface area contributed by atoms with Gasteiger partial charge in [-0.3, -0.25) is 0 Å². The lowest BCUT2D eigenvalue weighted by molar-refractivity contribution is 0.670. The van der Waals surface area contributed by atoms with E-state index in [0.717, 1.165) is 39.4 Å². The summed E-state index contributed by atoms with van der Waals surface area (Å²) in [4.78, 5) is 1.64. The lowest BCUT2D eigenvalue weighted by Gasteiger charge is -2.27. The topological polar surface area (TPSA) is 16.4 Å². The number of hydrogen-bond acceptors (Lipinski definition) is 2. The Hall–Kier alpha value is -7.94. The van der Waals surface area contributed by atoms with E-state index in [1.54, 1.807) is 4.90 Å². The van der Waals surface area contributed by atoms with Crippen molar-refractivity contribution in [2.24, 2.45) is 0 Å². The zero-order valence-electron chi connectivity index (χ0n) is 45.8. The first-order chi connectivity index (χ1) is 35.6. The highest BCUT2D eigenvalue weighted by atomic mass is 16.3. The van der Waals surface area contributed by atoms with Gasteiger partial charge in [0.25, 0.3) is 0 Å². The Balaban J connectivity index is 1.19. The van der Waals surface area contributed by atoms with Gasteiger partial charge in [0, 0.05) is 22.3 Å². The van der Waals surface area contributed by atoms with Gasteiger partial charge in [0.15, 0.2) is 0 Å². The number of rotatable bonds is 8. The average Bonchev–Trinajstić information content (AvgIpc) is 3.82. The van der Waals surface area contributed by atoms with Crippen LogP contribution in [0.3, 0.4) is 0 Å². The molecule has 11 aromatic rings. The summed E-state index contributed by atoms with van der Waals surface area (Å²) in [6.45, 7) is 0. The van der Waals surface area contributed by atoms with Gasteiger partial charge in [0.1, 0.15) is 11.2 Å². The summed E-state index contributed by atoms with van der Waals surface area (Å²) in [5, 5.41) is 0.789. The molecule has 0 bridgehead atoms. The fourth-order valence-corrected chi connectivity index (χ4v) is 7.77. The first kappa shape index (κ1) is 23.5. The molecule has 0 aliphatic rings. The van der Waals surface area contributed by atoms with E-state index in [9.17, 15) is 8.22 Å². The Morgan fingerprint density at radius 3 is 1.82 bits per heavy atom. The van der Waals surface area contributed by atoms with Crippen molar-refractivity contribution in [3.63, 3.8) is 0 Å². The van der Waals surface area contributed by atoms with Crippen LogP contribution < -0.4 is 4.90 Å². The predicted octanol–water partition coefficient (Wildman–Crippen LogP) is 16.5. The highest BCUT2D eigenvalue weighted by Crippen LogP contribution is 2.47. The van der Waals surface area contributed by atoms with Crippen molar-refractivity contribution >= 4 is 49.8 Å². The summed E-state index contributed by atoms with van der Waals surface area (Å²) in [7, 11) is 0. The van der Waals surface area contributed by atoms with Crippen molar-refractivity contribution in [2.75, 3.05) is 4.90 Å². The van der Waals surface area contributed by atoms with E-state index in [1.165, 1.54) is 0 Å². The van der Waals surface area contributed by atoms with Crippen LogP contribution in [0.5, 0.6) is 0 Å². The first-order valence-electron chi connectivity index (χ1n) is 26.4. The molecule has 11 rings (SSSR count). The van der Waals surface area contributed by atoms with Gasteiger partial charge in [-0.05, 0) is 121 Å². The van der Waals surface area contributed by atoms with Crippen LogP contribution in [-0.4, -0.2) is 0 Å². The van der Waals surface area contributed by atoms with E-state index >= 15 is 0 Å². The molecule has 0 amide bonds. The average molecular weight is 780 g/mol. The molecule has 1 heterocycles. The number of anilines is 3. The molecule has 1 aromatic heterocycles. The summed E-state index contributed by atoms with van der Waals surface area (Å²) < 4.78 is 134. The van der Waals surface area contributed by atoms with Gasteiger partial charge < -0.3 is 9.32 Å². The second-order valence-corrected chi connectivity index (χ2v) is 14.2. The third kappa shape index (κ3) is 6.41. The van der Waals surface area contributed by atoms with Gasteiger partial charge in [-0.1, -0.05) is 176 Å². The van der Waals surface area contributed by atoms with Gasteiger partial charge in [0.2, 0.25) is 0 Å². The third-order valence-corrected chi connectivity index (χ3v) is 10.6. The number of hydrogen-bond donors (Lipinski definition) is 0. The molecule has 0 saturated carbocycles. The molecule has 0 atom stereocenters. The number of furan rings is 1. The van der Waals surface area contributed by atoms with E-state index in [1.807, 2.05) is 140 Å². The Labute approximate surface area is 369 Å². The van der Waals surface area contributed by atoms with Crippen molar-refractivity contribution in [3.05, 3.63) is 236 Å². The lowest BCUT2D eigenvalue weighted by atomic mass is 9.93. The number of fused-ring (bicyclic) bond motifs is 4. The second-order valence-electron chi connectivity index (χ2n) is 14.2. The van der Waals surface area contributed by atoms with E-state index < -0.39 is 107 Å². The maximum atomic E-state index is 9.92. The van der Waals surface area contributed by atoms with Crippen molar-refractivity contribution in [1.29, 1.82) is 0 Å². The van der Waals surface area contributed by atoms with Crippen LogP contribution in [0.25, 0.3) is 88.3 Å². The summed E-state index contributed by atoms with van der Waals surface area (Å²) in [5.41, 5.74) is 5.32. The molecule has 0 spiro atoms. The maximum absolute atomic E-state index is 9.92. The minimum absolute atomic E-state index is 0.195. The molecule has 0 aliphatic heterocycles. The Morgan fingerprint density at radius 2 is 1.05 bits per heavy atom. The molecular formula is C58H39NO. The Morgan fingerprint density at radius 1 is 0.383 bits per heavy atom. The van der Waals surface area contributed by atoms with Gasteiger partial charge in [-0.15, -0.1) is 0 Å². The summed E-state index contributed by atoms with van der Waals surface area (Å²) in [6.07, 6.45) is 0. The lowest BCUT2D eigenvalue weighted by Crippen LogP contribution is -2.10. The van der Waals surface area contributed by atoms with Crippen LogP contribution in [0.4, 0.5) is 17.1 Å². The van der Waals surface area contributed by atoms with Gasteiger partial charge >= 0.3 is 0 Å². The van der Waals surface area contributed by atoms with Gasteiger partial charge in [0.05, 0.1) is 30.3 Å². The molecule has 10 aromatic carbocycles. The van der Waals surface area contributed by atoms with Crippen molar-refractivity contribution < 1.29 is 23.6 Å². The minimum atomic E-state index is -0.738. The highest BCUT2D eigenvalue weighted by Gasteiger charge is 2.22. The summed E-state index contributed by atoms with van der Waals surface area (Å²) in [5.74, 6) is 0. The normalized spacial score (nSPS) is 14.6. The van der Waals surface area contributed by atoms with Crippen LogP contribution in [0.15, 0.2) is 241 Å². The third-order valence-electron chi connectivity index (χ3n) is 10.6. The molecular weight excluding hydrogens is 727 g/mol. The highest BCUT2D eigenvalue weighted by molar-refractivity contribution is 6.17. The molecule has 2 nitrogen and oxygen atoms in total. The van der Waals surface area contributed by atoms with Crippen molar-refractivity contribution in [1.82, 2.24) is 0 Å². The Bertz CT molecular complexity index is 4070. The molecule has 0 unspecified atom stereocenters. The van der Waals surface area contributed by atoms with Crippen LogP contribution in [0.2, 0.25) is 0 Å². The molecule has 0 saturated heterocycles. The molecule has 282 valence electrons. The zero-order valence-corrected chi connectivity index (χ0v) is 31.8. The summed E-state index contributed by atoms with van der Waals surface area (Å²) in [6, 6.07) is 38.4. The van der Waals surface area contributed by atoms with E-state index in [4.69, 9.17) is 15.4 Å².